The summed E-state index contributed by atoms with van der Waals surface area (Å²) in [6, 6.07) is 6.81. The molecular weight excluding hydrogens is 388 g/mol. The van der Waals surface area contributed by atoms with Crippen LogP contribution in [0.15, 0.2) is 29.6 Å². The number of fused-ring (bicyclic) bond motifs is 1. The third-order valence-electron chi connectivity index (χ3n) is 3.95. The van der Waals surface area contributed by atoms with Gasteiger partial charge in [-0.25, -0.2) is 9.97 Å². The Hall–Kier alpha value is -2.14. The quantitative estimate of drug-likeness (QED) is 0.493. The lowest BCUT2D eigenvalue weighted by Gasteiger charge is -2.12. The summed E-state index contributed by atoms with van der Waals surface area (Å²) in [4.78, 5) is 23.4. The van der Waals surface area contributed by atoms with Crippen molar-refractivity contribution < 1.29 is 4.79 Å². The molecular formula is C18H15ClN4OS2. The molecule has 2 heterocycles. The highest BCUT2D eigenvalue weighted by Crippen LogP contribution is 2.36. The number of aryl methyl sites for hydroxylation is 2. The number of nitrogens with zero attached hydrogens (tertiary/aromatic N) is 3. The van der Waals surface area contributed by atoms with Crippen LogP contribution in [0.3, 0.4) is 0 Å². The molecule has 0 saturated heterocycles. The van der Waals surface area contributed by atoms with Crippen LogP contribution in [0.2, 0.25) is 5.02 Å². The van der Waals surface area contributed by atoms with Crippen molar-refractivity contribution in [1.29, 1.82) is 5.26 Å². The second-order valence-electron chi connectivity index (χ2n) is 5.70. The first-order chi connectivity index (χ1) is 12.4. The lowest BCUT2D eigenvalue weighted by Crippen LogP contribution is -2.22. The van der Waals surface area contributed by atoms with Crippen molar-refractivity contribution in [1.82, 2.24) is 9.97 Å². The van der Waals surface area contributed by atoms with Crippen molar-refractivity contribution in [3.05, 3.63) is 45.6 Å². The maximum atomic E-state index is 12.5. The molecule has 8 heteroatoms. The molecule has 5 nitrogen and oxygen atoms in total. The van der Waals surface area contributed by atoms with E-state index in [0.717, 1.165) is 20.8 Å². The Balaban J connectivity index is 1.78. The highest BCUT2D eigenvalue weighted by molar-refractivity contribution is 8.00. The molecule has 0 bridgehead atoms. The summed E-state index contributed by atoms with van der Waals surface area (Å²) in [6.45, 7) is 5.93. The molecule has 3 rings (SSSR count). The van der Waals surface area contributed by atoms with Gasteiger partial charge < -0.3 is 5.32 Å². The van der Waals surface area contributed by atoms with Crippen molar-refractivity contribution in [2.75, 3.05) is 5.32 Å². The van der Waals surface area contributed by atoms with Crippen LogP contribution in [0.4, 0.5) is 5.69 Å². The van der Waals surface area contributed by atoms with Gasteiger partial charge in [-0.15, -0.1) is 11.3 Å². The van der Waals surface area contributed by atoms with Gasteiger partial charge >= 0.3 is 0 Å². The number of thiophene rings is 1. The molecule has 1 unspecified atom stereocenters. The molecule has 0 aliphatic heterocycles. The summed E-state index contributed by atoms with van der Waals surface area (Å²) in [5.41, 5.74) is 2.08. The molecule has 1 aromatic carbocycles. The van der Waals surface area contributed by atoms with E-state index in [9.17, 15) is 4.79 Å². The SMILES string of the molecule is Cc1sc2ncnc(SC(C)C(=O)Nc3ccc(C#N)c(Cl)c3)c2c1C. The number of hydrogen-bond donors (Lipinski definition) is 1. The zero-order chi connectivity index (χ0) is 18.8. The first-order valence-corrected chi connectivity index (χ1v) is 9.86. The van der Waals surface area contributed by atoms with E-state index in [2.05, 4.69) is 22.2 Å². The molecule has 0 spiro atoms. The van der Waals surface area contributed by atoms with Crippen LogP contribution in [0.5, 0.6) is 0 Å². The zero-order valence-corrected chi connectivity index (χ0v) is 16.7. The van der Waals surface area contributed by atoms with E-state index >= 15 is 0 Å². The normalized spacial score (nSPS) is 12.0. The van der Waals surface area contributed by atoms with Gasteiger partial charge in [-0.3, -0.25) is 4.79 Å². The van der Waals surface area contributed by atoms with Gasteiger partial charge in [0.15, 0.2) is 0 Å². The van der Waals surface area contributed by atoms with E-state index in [0.29, 0.717) is 16.3 Å². The fourth-order valence-electron chi connectivity index (χ4n) is 2.39. The largest absolute Gasteiger partial charge is 0.325 e. The fraction of sp³-hybridized carbons (Fsp3) is 0.222. The van der Waals surface area contributed by atoms with E-state index in [1.54, 1.807) is 29.5 Å². The molecule has 1 amide bonds. The predicted molar refractivity (Wildman–Crippen MR) is 107 cm³/mol. The van der Waals surface area contributed by atoms with E-state index in [4.69, 9.17) is 16.9 Å². The second-order valence-corrected chi connectivity index (χ2v) is 8.64. The molecule has 26 heavy (non-hydrogen) atoms. The Bertz CT molecular complexity index is 1040. The van der Waals surface area contributed by atoms with E-state index in [1.165, 1.54) is 23.0 Å². The Morgan fingerprint density at radius 2 is 2.15 bits per heavy atom. The van der Waals surface area contributed by atoms with Gasteiger partial charge in [0.25, 0.3) is 0 Å². The van der Waals surface area contributed by atoms with Crippen LogP contribution in [-0.2, 0) is 4.79 Å². The summed E-state index contributed by atoms with van der Waals surface area (Å²) in [5, 5.41) is 13.5. The van der Waals surface area contributed by atoms with Crippen molar-refractivity contribution >= 4 is 56.5 Å². The van der Waals surface area contributed by atoms with E-state index < -0.39 is 0 Å². The highest BCUT2D eigenvalue weighted by Gasteiger charge is 2.19. The minimum absolute atomic E-state index is 0.160. The van der Waals surface area contributed by atoms with Crippen molar-refractivity contribution in [3.8, 4) is 6.07 Å². The molecule has 0 radical (unpaired) electrons. The van der Waals surface area contributed by atoms with Gasteiger partial charge in [0.05, 0.1) is 15.8 Å². The van der Waals surface area contributed by atoms with Gasteiger partial charge in [-0.2, -0.15) is 5.26 Å². The standard InChI is InChI=1S/C18H15ClN4OS2/c1-9-10(2)25-17-15(9)18(22-8-21-17)26-11(3)16(24)23-13-5-4-12(7-20)14(19)6-13/h4-6,8,11H,1-3H3,(H,23,24). The molecule has 0 aliphatic carbocycles. The summed E-state index contributed by atoms with van der Waals surface area (Å²) < 4.78 is 0. The van der Waals surface area contributed by atoms with E-state index in [1.807, 2.05) is 19.9 Å². The van der Waals surface area contributed by atoms with Crippen LogP contribution in [-0.4, -0.2) is 21.1 Å². The Kier molecular flexibility index (Phi) is 5.47. The summed E-state index contributed by atoms with van der Waals surface area (Å²) in [7, 11) is 0. The molecule has 0 saturated carbocycles. The van der Waals surface area contributed by atoms with Gasteiger partial charge in [0.2, 0.25) is 5.91 Å². The molecule has 3 aromatic rings. The summed E-state index contributed by atoms with van der Waals surface area (Å²) in [5.74, 6) is -0.160. The average Bonchev–Trinajstić information content (AvgIpc) is 2.90. The minimum Gasteiger partial charge on any atom is -0.325 e. The number of rotatable bonds is 4. The lowest BCUT2D eigenvalue weighted by atomic mass is 10.2. The Morgan fingerprint density at radius 3 is 2.85 bits per heavy atom. The van der Waals surface area contributed by atoms with Crippen molar-refractivity contribution in [2.45, 2.75) is 31.0 Å². The molecule has 0 aliphatic rings. The number of aromatic nitrogens is 2. The number of anilines is 1. The third kappa shape index (κ3) is 3.68. The number of benzene rings is 1. The van der Waals surface area contributed by atoms with Gasteiger partial charge in [-0.05, 0) is 44.5 Å². The van der Waals surface area contributed by atoms with Gasteiger partial charge in [-0.1, -0.05) is 23.4 Å². The molecule has 1 atom stereocenters. The predicted octanol–water partition coefficient (Wildman–Crippen LogP) is 4.95. The van der Waals surface area contributed by atoms with Crippen molar-refractivity contribution in [3.63, 3.8) is 0 Å². The number of carbonyl (C=O) groups excluding carboxylic acids is 1. The first-order valence-electron chi connectivity index (χ1n) is 7.78. The molecule has 0 fully saturated rings. The van der Waals surface area contributed by atoms with Crippen LogP contribution >= 0.6 is 34.7 Å². The van der Waals surface area contributed by atoms with Crippen LogP contribution < -0.4 is 5.32 Å². The minimum atomic E-state index is -0.359. The topological polar surface area (TPSA) is 78.7 Å². The third-order valence-corrected chi connectivity index (χ3v) is 6.47. The van der Waals surface area contributed by atoms with Crippen molar-refractivity contribution in [2.24, 2.45) is 0 Å². The number of thioether (sulfide) groups is 1. The second kappa shape index (κ2) is 7.62. The highest BCUT2D eigenvalue weighted by atomic mass is 35.5. The smallest absolute Gasteiger partial charge is 0.237 e. The molecule has 2 aromatic heterocycles. The summed E-state index contributed by atoms with van der Waals surface area (Å²) >= 11 is 9.04. The fourth-order valence-corrected chi connectivity index (χ4v) is 4.65. The number of amides is 1. The lowest BCUT2D eigenvalue weighted by molar-refractivity contribution is -0.115. The van der Waals surface area contributed by atoms with Gasteiger partial charge in [0.1, 0.15) is 22.3 Å². The molecule has 132 valence electrons. The van der Waals surface area contributed by atoms with Crippen LogP contribution in [0, 0.1) is 25.2 Å². The first kappa shape index (κ1) is 18.6. The number of hydrogen-bond acceptors (Lipinski definition) is 6. The molecule has 1 N–H and O–H groups in total. The number of nitriles is 1. The maximum Gasteiger partial charge on any atom is 0.237 e. The average molecular weight is 403 g/mol. The van der Waals surface area contributed by atoms with E-state index in [-0.39, 0.29) is 11.2 Å². The number of nitrogens with one attached hydrogen (secondary N) is 1. The number of halogens is 1. The zero-order valence-electron chi connectivity index (χ0n) is 14.3. The Labute approximate surface area is 164 Å². The monoisotopic (exact) mass is 402 g/mol. The van der Waals surface area contributed by atoms with Crippen LogP contribution in [0.25, 0.3) is 10.2 Å². The summed E-state index contributed by atoms with van der Waals surface area (Å²) in [6.07, 6.45) is 1.53. The number of carbonyl (C=O) groups is 1. The van der Waals surface area contributed by atoms with Crippen LogP contribution in [0.1, 0.15) is 22.9 Å². The Morgan fingerprint density at radius 1 is 1.38 bits per heavy atom. The van der Waals surface area contributed by atoms with Gasteiger partial charge in [0, 0.05) is 16.0 Å². The maximum absolute atomic E-state index is 12.5.